The first kappa shape index (κ1) is 48.8. The van der Waals surface area contributed by atoms with E-state index < -0.39 is 47.4 Å². The van der Waals surface area contributed by atoms with E-state index in [9.17, 15) is 29.1 Å². The van der Waals surface area contributed by atoms with Gasteiger partial charge in [-0.2, -0.15) is 9.97 Å². The van der Waals surface area contributed by atoms with Crippen LogP contribution in [0.2, 0.25) is 0 Å². The van der Waals surface area contributed by atoms with Crippen LogP contribution < -0.4 is 30.9 Å². The van der Waals surface area contributed by atoms with Crippen molar-refractivity contribution >= 4 is 62.9 Å². The molecule has 2 bridgehead atoms. The number of imide groups is 2. The molecular weight excluding hydrogens is 955 g/mol. The van der Waals surface area contributed by atoms with Crippen LogP contribution in [0.15, 0.2) is 48.7 Å². The molecule has 5 saturated heterocycles. The molecule has 6 aliphatic heterocycles. The molecule has 5 N–H and O–H groups in total. The number of pyridine rings is 1. The summed E-state index contributed by atoms with van der Waals surface area (Å²) in [5.74, 6) is -0.895. The van der Waals surface area contributed by atoms with Gasteiger partial charge < -0.3 is 35.4 Å². The third kappa shape index (κ3) is 9.05. The summed E-state index contributed by atoms with van der Waals surface area (Å²) in [6.45, 7) is 3.53. The van der Waals surface area contributed by atoms with Crippen molar-refractivity contribution in [2.45, 2.75) is 107 Å². The van der Waals surface area contributed by atoms with Gasteiger partial charge in [-0.05, 0) is 100 Å². The number of aromatic hydroxyl groups is 1. The van der Waals surface area contributed by atoms with Crippen LogP contribution in [0.4, 0.5) is 25.1 Å². The molecule has 8 heterocycles. The van der Waals surface area contributed by atoms with Crippen LogP contribution in [-0.4, -0.2) is 135 Å². The Bertz CT molecular complexity index is 3160. The van der Waals surface area contributed by atoms with E-state index >= 15 is 8.78 Å². The summed E-state index contributed by atoms with van der Waals surface area (Å²) in [5.41, 5.74) is 0.473. The van der Waals surface area contributed by atoms with Crippen molar-refractivity contribution in [2.75, 3.05) is 56.2 Å². The van der Waals surface area contributed by atoms with Gasteiger partial charge in [-0.1, -0.05) is 30.9 Å². The van der Waals surface area contributed by atoms with Crippen molar-refractivity contribution in [1.82, 2.24) is 40.7 Å². The Morgan fingerprint density at radius 3 is 2.55 bits per heavy atom. The third-order valence-electron chi connectivity index (χ3n) is 15.7. The quantitative estimate of drug-likeness (QED) is 0.0440. The number of carbonyl (C=O) groups excluding carboxylic acids is 5. The second kappa shape index (κ2) is 20.1. The van der Waals surface area contributed by atoms with Gasteiger partial charge in [0.2, 0.25) is 11.8 Å². The molecule has 3 unspecified atom stereocenters. The number of carbonyl (C=O) groups is 5. The smallest absolute Gasteiger partial charge is 0.407 e. The average Bonchev–Trinajstić information content (AvgIpc) is 4.14. The van der Waals surface area contributed by atoms with E-state index in [4.69, 9.17) is 20.9 Å². The Balaban J connectivity index is 0.688. The highest BCUT2D eigenvalue weighted by Crippen LogP contribution is 2.44. The lowest BCUT2D eigenvalue weighted by atomic mass is 9.95. The number of amides is 5. The highest BCUT2D eigenvalue weighted by atomic mass is 19.1. The number of hydrogen-bond donors (Lipinski definition) is 5. The van der Waals surface area contributed by atoms with Crippen molar-refractivity contribution in [3.05, 3.63) is 77.0 Å². The molecule has 0 aliphatic carbocycles. The molecule has 6 aliphatic rings. The highest BCUT2D eigenvalue weighted by Gasteiger charge is 2.50. The largest absolute Gasteiger partial charge is 0.508 e. The van der Waals surface area contributed by atoms with E-state index in [1.807, 2.05) is 0 Å². The topological polar surface area (TPSA) is 221 Å². The van der Waals surface area contributed by atoms with Gasteiger partial charge in [-0.3, -0.25) is 39.3 Å². The fourth-order valence-electron chi connectivity index (χ4n) is 12.1. The molecule has 0 saturated carbocycles. The lowest BCUT2D eigenvalue weighted by molar-refractivity contribution is -0.136. The van der Waals surface area contributed by atoms with Crippen LogP contribution in [-0.2, 0) is 14.3 Å². The molecule has 5 fully saturated rings. The zero-order valence-corrected chi connectivity index (χ0v) is 40.7. The molecule has 5 amide bonds. The lowest BCUT2D eigenvalue weighted by Crippen LogP contribution is -2.54. The van der Waals surface area contributed by atoms with Gasteiger partial charge in [-0.25, -0.2) is 13.6 Å². The maximum atomic E-state index is 17.2. The number of piperazine rings is 1. The summed E-state index contributed by atoms with van der Waals surface area (Å²) in [5, 5.41) is 23.8. The molecule has 11 rings (SSSR count). The number of ether oxygens (including phenoxy) is 2. The number of nitrogens with zero attached hydrogens (tertiary/aromatic N) is 6. The number of phenols is 1. The zero-order valence-electron chi connectivity index (χ0n) is 40.7. The number of benzene rings is 3. The number of halogens is 2. The Labute approximate surface area is 424 Å². The van der Waals surface area contributed by atoms with Crippen molar-refractivity contribution in [1.29, 1.82) is 0 Å². The predicted molar refractivity (Wildman–Crippen MR) is 269 cm³/mol. The summed E-state index contributed by atoms with van der Waals surface area (Å²) in [6, 6.07) is 9.89. The van der Waals surface area contributed by atoms with Crippen molar-refractivity contribution in [3.63, 3.8) is 0 Å². The Morgan fingerprint density at radius 1 is 0.946 bits per heavy atom. The van der Waals surface area contributed by atoms with Crippen LogP contribution in [0.1, 0.15) is 103 Å². The molecule has 384 valence electrons. The van der Waals surface area contributed by atoms with Gasteiger partial charge in [-0.15, -0.1) is 6.42 Å². The van der Waals surface area contributed by atoms with E-state index in [1.165, 1.54) is 30.5 Å². The third-order valence-corrected chi connectivity index (χ3v) is 15.7. The number of phenolic OH excluding ortho intramolecular Hbond substituents is 1. The number of terminal acetylenes is 1. The van der Waals surface area contributed by atoms with Gasteiger partial charge in [0.15, 0.2) is 5.82 Å². The highest BCUT2D eigenvalue weighted by molar-refractivity contribution is 6.25. The lowest BCUT2D eigenvalue weighted by Gasteiger charge is -2.35. The fourth-order valence-corrected chi connectivity index (χ4v) is 12.1. The molecule has 20 heteroatoms. The number of aromatic nitrogens is 3. The molecule has 5 aromatic rings. The normalized spacial score (nSPS) is 23.3. The summed E-state index contributed by atoms with van der Waals surface area (Å²) in [4.78, 5) is 83.2. The maximum Gasteiger partial charge on any atom is 0.407 e. The van der Waals surface area contributed by atoms with Crippen molar-refractivity contribution in [3.8, 4) is 35.4 Å². The first-order valence-corrected chi connectivity index (χ1v) is 25.6. The second-order valence-electron chi connectivity index (χ2n) is 20.3. The van der Waals surface area contributed by atoms with Crippen molar-refractivity contribution < 1.29 is 47.3 Å². The van der Waals surface area contributed by atoms with Gasteiger partial charge in [0, 0.05) is 73.6 Å². The number of anilines is 2. The minimum atomic E-state index is -1.03. The minimum absolute atomic E-state index is 0.00995. The summed E-state index contributed by atoms with van der Waals surface area (Å²) in [7, 11) is 0. The molecule has 5 atom stereocenters. The van der Waals surface area contributed by atoms with E-state index in [-0.39, 0.29) is 100 Å². The molecule has 0 radical (unpaired) electrons. The Hall–Kier alpha value is -7.50. The van der Waals surface area contributed by atoms with E-state index in [1.54, 1.807) is 18.2 Å². The van der Waals surface area contributed by atoms with Crippen molar-refractivity contribution in [2.24, 2.45) is 0 Å². The second-order valence-corrected chi connectivity index (χ2v) is 20.3. The summed E-state index contributed by atoms with van der Waals surface area (Å²) in [6.07, 6.45) is 15.5. The number of unbranched alkanes of at least 4 members (excludes halogenated alkanes) is 3. The predicted octanol–water partition coefficient (Wildman–Crippen LogP) is 5.93. The summed E-state index contributed by atoms with van der Waals surface area (Å²) < 4.78 is 44.5. The zero-order chi connectivity index (χ0) is 51.3. The molecule has 0 spiro atoms. The fraction of sp³-hybridized carbons (Fsp3) is 0.444. The summed E-state index contributed by atoms with van der Waals surface area (Å²) >= 11 is 0. The van der Waals surface area contributed by atoms with Gasteiger partial charge in [0.1, 0.15) is 47.9 Å². The molecule has 18 nitrogen and oxygen atoms in total. The molecule has 3 aromatic carbocycles. The van der Waals surface area contributed by atoms with Gasteiger partial charge in [0.25, 0.3) is 11.8 Å². The van der Waals surface area contributed by atoms with Crippen LogP contribution in [0.25, 0.3) is 32.9 Å². The number of nitrogens with one attached hydrogen (secondary N) is 4. The number of fused-ring (bicyclic) bond motifs is 6. The van der Waals surface area contributed by atoms with E-state index in [2.05, 4.69) is 47.0 Å². The SMILES string of the molecule is C#Cc1c(F)ccc2cc(O)cc(-c3ncc4c(N5CC6CCC(C5)N6)nc(OC[C@@]56CCCN5[C@H](COC(=O)NCCCCCCNc5cccc7c5C(=O)N(C5CCC(=O)NC5=O)C7=O)CC6)nc4c3F)c12. The van der Waals surface area contributed by atoms with Crippen LogP contribution in [0.3, 0.4) is 0 Å². The number of rotatable bonds is 16. The monoisotopic (exact) mass is 1010 g/mol. The maximum absolute atomic E-state index is 17.2. The number of hydrogen-bond acceptors (Lipinski definition) is 15. The van der Waals surface area contributed by atoms with E-state index in [0.717, 1.165) is 75.7 Å². The number of piperidine rings is 1. The standard InChI is InChI=1S/C54H56F2N10O8/c1-2-35-39(55)14-11-30-23-34(67)24-37(43(30)35)46-45(56)47-38(25-59-46)48(64-26-31-12-13-32(27-64)60-31)63-52(62-47)74-29-54-18-8-22-65(54)33(17-19-54)28-73-53(72)58-21-6-4-3-5-20-57-40-10-7-9-36-44(40)51(71)66(50(36)70)41-15-16-42(68)61-49(41)69/h1,7,9-11,14,23-25,31-33,41,57,60,67H,3-6,8,12-13,15-22,26-29H2,(H,58,72)(H,61,68,69)/t31?,32?,33-,41?,54-/m0/s1. The molecule has 74 heavy (non-hydrogen) atoms. The van der Waals surface area contributed by atoms with Crippen LogP contribution >= 0.6 is 0 Å². The first-order chi connectivity index (χ1) is 35.9. The minimum Gasteiger partial charge on any atom is -0.508 e. The van der Waals surface area contributed by atoms with Gasteiger partial charge >= 0.3 is 12.1 Å². The van der Waals surface area contributed by atoms with Gasteiger partial charge in [0.05, 0.1) is 27.6 Å². The average molecular weight is 1010 g/mol. The number of alkyl carbamates (subject to hydrolysis) is 1. The van der Waals surface area contributed by atoms with Crippen LogP contribution in [0.5, 0.6) is 11.8 Å². The Kier molecular flexibility index (Phi) is 13.2. The Morgan fingerprint density at radius 2 is 1.76 bits per heavy atom. The first-order valence-electron chi connectivity index (χ1n) is 25.6. The van der Waals surface area contributed by atoms with Crippen LogP contribution in [0, 0.1) is 24.0 Å². The molecular formula is C54H56F2N10O8. The van der Waals surface area contributed by atoms with E-state index in [0.29, 0.717) is 48.5 Å². The molecule has 2 aromatic heterocycles.